The molecule has 2 aromatic heterocycles. The minimum atomic E-state index is -0.149. The summed E-state index contributed by atoms with van der Waals surface area (Å²) in [6.45, 7) is 4.07. The molecule has 0 bridgehead atoms. The van der Waals surface area contributed by atoms with E-state index in [9.17, 15) is 4.79 Å². The molecule has 0 amide bonds. The Balaban J connectivity index is 1.59. The van der Waals surface area contributed by atoms with E-state index in [-0.39, 0.29) is 11.6 Å². The van der Waals surface area contributed by atoms with Gasteiger partial charge >= 0.3 is 5.69 Å². The fraction of sp³-hybridized carbons (Fsp3) is 0.647. The summed E-state index contributed by atoms with van der Waals surface area (Å²) in [5.41, 5.74) is -0.149. The van der Waals surface area contributed by atoms with E-state index in [4.69, 9.17) is 4.98 Å². The van der Waals surface area contributed by atoms with Gasteiger partial charge in [0.15, 0.2) is 0 Å². The Morgan fingerprint density at radius 2 is 2.08 bits per heavy atom. The van der Waals surface area contributed by atoms with Crippen molar-refractivity contribution in [2.24, 2.45) is 13.0 Å². The molecule has 3 heterocycles. The van der Waals surface area contributed by atoms with Crippen LogP contribution in [0.4, 0.5) is 5.82 Å². The number of nitrogens with zero attached hydrogens (tertiary/aromatic N) is 5. The van der Waals surface area contributed by atoms with E-state index >= 15 is 0 Å². The van der Waals surface area contributed by atoms with Crippen LogP contribution in [0.15, 0.2) is 17.1 Å². The number of piperidine rings is 1. The van der Waals surface area contributed by atoms with Crippen molar-refractivity contribution < 1.29 is 0 Å². The average Bonchev–Trinajstić information content (AvgIpc) is 2.85. The molecule has 0 unspecified atom stereocenters. The van der Waals surface area contributed by atoms with Crippen molar-refractivity contribution in [1.29, 1.82) is 0 Å². The first-order valence-electron chi connectivity index (χ1n) is 8.81. The Kier molecular flexibility index (Phi) is 3.86. The van der Waals surface area contributed by atoms with Crippen molar-refractivity contribution in [3.05, 3.63) is 34.4 Å². The van der Waals surface area contributed by atoms with E-state index in [1.54, 1.807) is 11.6 Å². The lowest BCUT2D eigenvalue weighted by molar-refractivity contribution is 0.380. The van der Waals surface area contributed by atoms with Crippen molar-refractivity contribution in [3.63, 3.8) is 0 Å². The molecule has 0 radical (unpaired) electrons. The quantitative estimate of drug-likeness (QED) is 0.929. The summed E-state index contributed by atoms with van der Waals surface area (Å²) in [6, 6.07) is 2.00. The first-order chi connectivity index (χ1) is 11.6. The van der Waals surface area contributed by atoms with Crippen molar-refractivity contribution in [2.45, 2.75) is 44.4 Å². The highest BCUT2D eigenvalue weighted by Crippen LogP contribution is 2.35. The molecular formula is C17H24N6O. The van der Waals surface area contributed by atoms with Gasteiger partial charge in [0.2, 0.25) is 0 Å². The van der Waals surface area contributed by atoms with E-state index in [1.807, 2.05) is 12.3 Å². The lowest BCUT2D eigenvalue weighted by Gasteiger charge is -2.37. The van der Waals surface area contributed by atoms with Gasteiger partial charge in [-0.2, -0.15) is 5.10 Å². The average molecular weight is 328 g/mol. The van der Waals surface area contributed by atoms with Gasteiger partial charge in [0, 0.05) is 38.2 Å². The molecule has 0 aromatic carbocycles. The lowest BCUT2D eigenvalue weighted by Crippen LogP contribution is -2.40. The van der Waals surface area contributed by atoms with Crippen LogP contribution in [0.1, 0.15) is 56.1 Å². The highest BCUT2D eigenvalue weighted by molar-refractivity contribution is 5.39. The summed E-state index contributed by atoms with van der Waals surface area (Å²) in [5, 5.41) is 6.79. The van der Waals surface area contributed by atoms with E-state index < -0.39 is 0 Å². The standard InChI is InChI=1S/C17H24N6O/c1-11-8-13(16-20-21-17(24)22(16)2)10-23(9-11)14-6-7-18-15(19-14)12-4-3-5-12/h6-7,11-13H,3-5,8-10H2,1-2H3,(H,21,24)/t11-,13-/m1/s1. The number of nitrogens with one attached hydrogen (secondary N) is 1. The summed E-state index contributed by atoms with van der Waals surface area (Å²) in [5.74, 6) is 4.13. The van der Waals surface area contributed by atoms with Gasteiger partial charge in [0.05, 0.1) is 0 Å². The normalized spacial score (nSPS) is 24.8. The van der Waals surface area contributed by atoms with Crippen LogP contribution in [-0.2, 0) is 7.05 Å². The van der Waals surface area contributed by atoms with Gasteiger partial charge in [-0.3, -0.25) is 4.57 Å². The number of aromatic nitrogens is 5. The molecule has 2 fully saturated rings. The molecule has 4 rings (SSSR count). The molecule has 7 heteroatoms. The highest BCUT2D eigenvalue weighted by Gasteiger charge is 2.30. The molecule has 1 saturated carbocycles. The van der Waals surface area contributed by atoms with Crippen LogP contribution in [0.3, 0.4) is 0 Å². The van der Waals surface area contributed by atoms with Crippen LogP contribution in [-0.4, -0.2) is 37.8 Å². The summed E-state index contributed by atoms with van der Waals surface area (Å²) < 4.78 is 1.63. The predicted octanol–water partition coefficient (Wildman–Crippen LogP) is 1.80. The van der Waals surface area contributed by atoms with Crippen LogP contribution >= 0.6 is 0 Å². The molecule has 2 aliphatic rings. The molecule has 7 nitrogen and oxygen atoms in total. The Labute approximate surface area is 141 Å². The fourth-order valence-corrected chi connectivity index (χ4v) is 3.85. The van der Waals surface area contributed by atoms with Crippen LogP contribution in [0, 0.1) is 5.92 Å². The SMILES string of the molecule is C[C@@H]1C[C@@H](c2n[nH]c(=O)n2C)CN(c2ccnc(C3CCC3)n2)C1. The monoisotopic (exact) mass is 328 g/mol. The summed E-state index contributed by atoms with van der Waals surface area (Å²) >= 11 is 0. The molecule has 24 heavy (non-hydrogen) atoms. The van der Waals surface area contributed by atoms with Crippen LogP contribution in [0.5, 0.6) is 0 Å². The van der Waals surface area contributed by atoms with Gasteiger partial charge in [-0.25, -0.2) is 19.9 Å². The summed E-state index contributed by atoms with van der Waals surface area (Å²) in [6.07, 6.45) is 6.62. The maximum atomic E-state index is 11.7. The number of H-pyrrole nitrogens is 1. The zero-order valence-electron chi connectivity index (χ0n) is 14.3. The maximum absolute atomic E-state index is 11.7. The third kappa shape index (κ3) is 2.72. The lowest BCUT2D eigenvalue weighted by atomic mass is 9.85. The van der Waals surface area contributed by atoms with E-state index in [0.717, 1.165) is 37.0 Å². The zero-order valence-corrected chi connectivity index (χ0v) is 14.3. The smallest absolute Gasteiger partial charge is 0.343 e. The van der Waals surface area contributed by atoms with Crippen molar-refractivity contribution in [2.75, 3.05) is 18.0 Å². The molecule has 1 saturated heterocycles. The number of hydrogen-bond acceptors (Lipinski definition) is 5. The first kappa shape index (κ1) is 15.4. The Hall–Kier alpha value is -2.18. The molecular weight excluding hydrogens is 304 g/mol. The maximum Gasteiger partial charge on any atom is 0.343 e. The zero-order chi connectivity index (χ0) is 16.7. The Morgan fingerprint density at radius 3 is 2.75 bits per heavy atom. The highest BCUT2D eigenvalue weighted by atomic mass is 16.1. The third-order valence-electron chi connectivity index (χ3n) is 5.39. The van der Waals surface area contributed by atoms with Gasteiger partial charge < -0.3 is 4.90 Å². The second-order valence-electron chi connectivity index (χ2n) is 7.29. The van der Waals surface area contributed by atoms with Crippen LogP contribution in [0.25, 0.3) is 0 Å². The van der Waals surface area contributed by atoms with Crippen molar-refractivity contribution >= 4 is 5.82 Å². The molecule has 128 valence electrons. The number of hydrogen-bond donors (Lipinski definition) is 1. The Bertz CT molecular complexity index is 777. The van der Waals surface area contributed by atoms with E-state index in [1.165, 1.54) is 19.3 Å². The fourth-order valence-electron chi connectivity index (χ4n) is 3.85. The third-order valence-corrected chi connectivity index (χ3v) is 5.39. The van der Waals surface area contributed by atoms with E-state index in [0.29, 0.717) is 11.8 Å². The van der Waals surface area contributed by atoms with Gasteiger partial charge in [-0.05, 0) is 31.2 Å². The minimum Gasteiger partial charge on any atom is -0.356 e. The molecule has 2 aromatic rings. The van der Waals surface area contributed by atoms with Gasteiger partial charge in [-0.1, -0.05) is 13.3 Å². The Morgan fingerprint density at radius 1 is 1.25 bits per heavy atom. The number of aromatic amines is 1. The molecule has 2 atom stereocenters. The molecule has 0 spiro atoms. The van der Waals surface area contributed by atoms with Gasteiger partial charge in [0.25, 0.3) is 0 Å². The molecule has 1 aliphatic carbocycles. The minimum absolute atomic E-state index is 0.149. The molecule has 1 N–H and O–H groups in total. The van der Waals surface area contributed by atoms with Gasteiger partial charge in [0.1, 0.15) is 17.5 Å². The van der Waals surface area contributed by atoms with E-state index in [2.05, 4.69) is 27.0 Å². The second kappa shape index (κ2) is 6.03. The second-order valence-corrected chi connectivity index (χ2v) is 7.29. The van der Waals surface area contributed by atoms with Gasteiger partial charge in [-0.15, -0.1) is 0 Å². The first-order valence-corrected chi connectivity index (χ1v) is 8.81. The summed E-state index contributed by atoms with van der Waals surface area (Å²) in [7, 11) is 1.78. The van der Waals surface area contributed by atoms with Crippen LogP contribution in [0.2, 0.25) is 0 Å². The molecule has 1 aliphatic heterocycles. The van der Waals surface area contributed by atoms with Crippen molar-refractivity contribution in [1.82, 2.24) is 24.7 Å². The number of anilines is 1. The topological polar surface area (TPSA) is 79.7 Å². The number of rotatable bonds is 3. The van der Waals surface area contributed by atoms with Crippen molar-refractivity contribution in [3.8, 4) is 0 Å². The largest absolute Gasteiger partial charge is 0.356 e. The predicted molar refractivity (Wildman–Crippen MR) is 91.2 cm³/mol. The summed E-state index contributed by atoms with van der Waals surface area (Å²) in [4.78, 5) is 23.3. The van der Waals surface area contributed by atoms with Crippen LogP contribution < -0.4 is 10.6 Å².